The minimum atomic E-state index is -0.160. The fourth-order valence-corrected chi connectivity index (χ4v) is 2.99. The molecule has 84 valence electrons. The maximum Gasteiger partial charge on any atom is 0.119 e. The quantitative estimate of drug-likeness (QED) is 0.796. The summed E-state index contributed by atoms with van der Waals surface area (Å²) >= 11 is 1.69. The second kappa shape index (κ2) is 4.80. The van der Waals surface area contributed by atoms with Crippen molar-refractivity contribution in [2.45, 2.75) is 35.8 Å². The van der Waals surface area contributed by atoms with Crippen molar-refractivity contribution in [1.29, 1.82) is 5.26 Å². The lowest BCUT2D eigenvalue weighted by molar-refractivity contribution is 0.340. The normalized spacial score (nSPS) is 17.2. The number of hydrogen-bond acceptors (Lipinski definition) is 3. The Labute approximate surface area is 101 Å². The molecule has 1 aromatic rings. The zero-order valence-electron chi connectivity index (χ0n) is 9.40. The van der Waals surface area contributed by atoms with E-state index in [1.54, 1.807) is 11.8 Å². The van der Waals surface area contributed by atoms with Crippen LogP contribution in [0, 0.1) is 11.3 Å². The summed E-state index contributed by atoms with van der Waals surface area (Å²) in [6.45, 7) is 2.66. The number of thioether (sulfide) groups is 1. The Kier molecular flexibility index (Phi) is 3.40. The standard InChI is InChI=1S/C13H15NOS/c1-2-15-11-4-6-12(7-5-11)16-13(10-14)8-3-9-13/h4-7H,2-3,8-9H2,1H3. The average molecular weight is 233 g/mol. The van der Waals surface area contributed by atoms with E-state index in [2.05, 4.69) is 6.07 Å². The first kappa shape index (κ1) is 11.3. The van der Waals surface area contributed by atoms with Gasteiger partial charge in [0.2, 0.25) is 0 Å². The summed E-state index contributed by atoms with van der Waals surface area (Å²) < 4.78 is 5.22. The minimum Gasteiger partial charge on any atom is -0.494 e. The van der Waals surface area contributed by atoms with Crippen molar-refractivity contribution in [2.24, 2.45) is 0 Å². The van der Waals surface area contributed by atoms with E-state index in [0.717, 1.165) is 23.5 Å². The molecule has 0 aromatic heterocycles. The summed E-state index contributed by atoms with van der Waals surface area (Å²) in [6, 6.07) is 10.4. The summed E-state index contributed by atoms with van der Waals surface area (Å²) in [4.78, 5) is 1.16. The van der Waals surface area contributed by atoms with Crippen LogP contribution in [0.1, 0.15) is 26.2 Å². The van der Waals surface area contributed by atoms with E-state index >= 15 is 0 Å². The van der Waals surface area contributed by atoms with Crippen LogP contribution in [0.4, 0.5) is 0 Å². The molecule has 0 saturated heterocycles. The molecular weight excluding hydrogens is 218 g/mol. The van der Waals surface area contributed by atoms with Crippen LogP contribution in [0.2, 0.25) is 0 Å². The zero-order chi connectivity index (χ0) is 11.4. The molecule has 1 aromatic carbocycles. The lowest BCUT2D eigenvalue weighted by Gasteiger charge is -2.34. The third kappa shape index (κ3) is 2.33. The molecule has 0 radical (unpaired) electrons. The first-order valence-electron chi connectivity index (χ1n) is 5.61. The molecule has 0 aliphatic heterocycles. The molecule has 0 heterocycles. The highest BCUT2D eigenvalue weighted by Crippen LogP contribution is 2.47. The molecule has 1 saturated carbocycles. The highest BCUT2D eigenvalue weighted by atomic mass is 32.2. The van der Waals surface area contributed by atoms with Gasteiger partial charge < -0.3 is 4.74 Å². The second-order valence-electron chi connectivity index (χ2n) is 3.97. The van der Waals surface area contributed by atoms with E-state index < -0.39 is 0 Å². The first-order valence-corrected chi connectivity index (χ1v) is 6.43. The minimum absolute atomic E-state index is 0.160. The van der Waals surface area contributed by atoms with E-state index in [0.29, 0.717) is 6.61 Å². The van der Waals surface area contributed by atoms with Crippen molar-refractivity contribution in [2.75, 3.05) is 6.61 Å². The molecule has 0 amide bonds. The van der Waals surface area contributed by atoms with Gasteiger partial charge in [-0.05, 0) is 50.5 Å². The van der Waals surface area contributed by atoms with Crippen LogP contribution in [-0.2, 0) is 0 Å². The first-order chi connectivity index (χ1) is 7.78. The van der Waals surface area contributed by atoms with Crippen LogP contribution in [0.15, 0.2) is 29.2 Å². The molecule has 0 N–H and O–H groups in total. The summed E-state index contributed by atoms with van der Waals surface area (Å²) in [6.07, 6.45) is 3.21. The van der Waals surface area contributed by atoms with Gasteiger partial charge in [-0.2, -0.15) is 5.26 Å². The van der Waals surface area contributed by atoms with Crippen molar-refractivity contribution in [1.82, 2.24) is 0 Å². The zero-order valence-corrected chi connectivity index (χ0v) is 10.2. The summed E-state index contributed by atoms with van der Waals surface area (Å²) in [5.41, 5.74) is 0. The van der Waals surface area contributed by atoms with E-state index in [1.165, 1.54) is 6.42 Å². The molecule has 2 nitrogen and oxygen atoms in total. The maximum absolute atomic E-state index is 9.14. The molecular formula is C13H15NOS. The van der Waals surface area contributed by atoms with Gasteiger partial charge in [0.25, 0.3) is 0 Å². The largest absolute Gasteiger partial charge is 0.494 e. The Morgan fingerprint density at radius 2 is 2.06 bits per heavy atom. The topological polar surface area (TPSA) is 33.0 Å². The van der Waals surface area contributed by atoms with Gasteiger partial charge in [0.05, 0.1) is 12.7 Å². The molecule has 0 bridgehead atoms. The van der Waals surface area contributed by atoms with Crippen molar-refractivity contribution in [3.8, 4) is 11.8 Å². The summed E-state index contributed by atoms with van der Waals surface area (Å²) in [7, 11) is 0. The van der Waals surface area contributed by atoms with Crippen molar-refractivity contribution >= 4 is 11.8 Å². The van der Waals surface area contributed by atoms with Crippen molar-refractivity contribution < 1.29 is 4.74 Å². The molecule has 3 heteroatoms. The predicted octanol–water partition coefficient (Wildman–Crippen LogP) is 3.62. The van der Waals surface area contributed by atoms with E-state index in [1.807, 2.05) is 31.2 Å². The van der Waals surface area contributed by atoms with Gasteiger partial charge in [0, 0.05) is 4.90 Å². The third-order valence-corrected chi connectivity index (χ3v) is 4.21. The van der Waals surface area contributed by atoms with E-state index in [4.69, 9.17) is 10.00 Å². The fourth-order valence-electron chi connectivity index (χ4n) is 1.73. The highest BCUT2D eigenvalue weighted by Gasteiger charge is 2.38. The molecule has 16 heavy (non-hydrogen) atoms. The number of ether oxygens (including phenoxy) is 1. The SMILES string of the molecule is CCOc1ccc(SC2(C#N)CCC2)cc1. The molecule has 1 aliphatic rings. The molecule has 1 fully saturated rings. The van der Waals surface area contributed by atoms with E-state index in [-0.39, 0.29) is 4.75 Å². The second-order valence-corrected chi connectivity index (χ2v) is 5.42. The lowest BCUT2D eigenvalue weighted by atomic mass is 9.86. The number of hydrogen-bond donors (Lipinski definition) is 0. The van der Waals surface area contributed by atoms with Gasteiger partial charge in [-0.15, -0.1) is 11.8 Å². The van der Waals surface area contributed by atoms with Gasteiger partial charge in [0.15, 0.2) is 0 Å². The van der Waals surface area contributed by atoms with Crippen LogP contribution < -0.4 is 4.74 Å². The molecule has 0 atom stereocenters. The Balaban J connectivity index is 2.02. The fraction of sp³-hybridized carbons (Fsp3) is 0.462. The lowest BCUT2D eigenvalue weighted by Crippen LogP contribution is -2.30. The molecule has 0 spiro atoms. The maximum atomic E-state index is 9.14. The van der Waals surface area contributed by atoms with Crippen molar-refractivity contribution in [3.05, 3.63) is 24.3 Å². The van der Waals surface area contributed by atoms with E-state index in [9.17, 15) is 0 Å². The van der Waals surface area contributed by atoms with Crippen molar-refractivity contribution in [3.63, 3.8) is 0 Å². The van der Waals surface area contributed by atoms with Crippen LogP contribution in [0.5, 0.6) is 5.75 Å². The molecule has 2 rings (SSSR count). The van der Waals surface area contributed by atoms with Gasteiger partial charge in [-0.3, -0.25) is 0 Å². The summed E-state index contributed by atoms with van der Waals surface area (Å²) in [5.74, 6) is 0.895. The van der Waals surface area contributed by atoms with Gasteiger partial charge in [-0.1, -0.05) is 0 Å². The average Bonchev–Trinajstić information content (AvgIpc) is 2.26. The third-order valence-electron chi connectivity index (χ3n) is 2.81. The number of rotatable bonds is 4. The Bertz CT molecular complexity index is 389. The van der Waals surface area contributed by atoms with Gasteiger partial charge in [-0.25, -0.2) is 0 Å². The van der Waals surface area contributed by atoms with Crippen LogP contribution in [0.3, 0.4) is 0 Å². The van der Waals surface area contributed by atoms with Crippen LogP contribution >= 0.6 is 11.8 Å². The number of benzene rings is 1. The Morgan fingerprint density at radius 3 is 2.50 bits per heavy atom. The Hall–Kier alpha value is -1.14. The predicted molar refractivity (Wildman–Crippen MR) is 65.7 cm³/mol. The van der Waals surface area contributed by atoms with Gasteiger partial charge in [0.1, 0.15) is 10.5 Å². The monoisotopic (exact) mass is 233 g/mol. The van der Waals surface area contributed by atoms with Crippen LogP contribution in [-0.4, -0.2) is 11.4 Å². The number of nitrogens with zero attached hydrogens (tertiary/aromatic N) is 1. The highest BCUT2D eigenvalue weighted by molar-refractivity contribution is 8.01. The smallest absolute Gasteiger partial charge is 0.119 e. The van der Waals surface area contributed by atoms with Gasteiger partial charge >= 0.3 is 0 Å². The molecule has 1 aliphatic carbocycles. The molecule has 0 unspecified atom stereocenters. The number of nitriles is 1. The summed E-state index contributed by atoms with van der Waals surface area (Å²) in [5, 5.41) is 9.14. The Morgan fingerprint density at radius 1 is 1.38 bits per heavy atom. The van der Waals surface area contributed by atoms with Crippen LogP contribution in [0.25, 0.3) is 0 Å².